The van der Waals surface area contributed by atoms with Crippen molar-refractivity contribution >= 4 is 22.6 Å². The van der Waals surface area contributed by atoms with E-state index < -0.39 is 0 Å². The summed E-state index contributed by atoms with van der Waals surface area (Å²) in [5, 5.41) is 12.0. The number of benzene rings is 2. The first-order valence-corrected chi connectivity index (χ1v) is 9.38. The molecule has 1 atom stereocenters. The van der Waals surface area contributed by atoms with Crippen LogP contribution in [0.4, 0.5) is 5.82 Å². The molecule has 4 aromatic rings. The number of amides is 1. The van der Waals surface area contributed by atoms with Gasteiger partial charge in [0, 0.05) is 17.1 Å². The first kappa shape index (κ1) is 18.6. The van der Waals surface area contributed by atoms with Gasteiger partial charge < -0.3 is 5.32 Å². The number of anilines is 1. The molecule has 146 valence electrons. The molecule has 1 amide bonds. The van der Waals surface area contributed by atoms with Crippen molar-refractivity contribution in [1.29, 1.82) is 0 Å². The monoisotopic (exact) mass is 387 g/mol. The molecule has 7 heteroatoms. The van der Waals surface area contributed by atoms with Crippen LogP contribution in [0.2, 0.25) is 0 Å². The Morgan fingerprint density at radius 2 is 1.83 bits per heavy atom. The van der Waals surface area contributed by atoms with Gasteiger partial charge >= 0.3 is 0 Å². The van der Waals surface area contributed by atoms with Crippen LogP contribution in [0.5, 0.6) is 0 Å². The van der Waals surface area contributed by atoms with Gasteiger partial charge in [-0.05, 0) is 31.5 Å². The zero-order valence-corrected chi connectivity index (χ0v) is 16.2. The molecule has 0 bridgehead atoms. The van der Waals surface area contributed by atoms with Gasteiger partial charge in [-0.25, -0.2) is 0 Å². The average molecular weight is 387 g/mol. The van der Waals surface area contributed by atoms with Gasteiger partial charge in [0.05, 0.1) is 17.8 Å². The number of rotatable bonds is 5. The molecule has 2 heterocycles. The zero-order valence-electron chi connectivity index (χ0n) is 16.2. The van der Waals surface area contributed by atoms with E-state index in [1.54, 1.807) is 18.2 Å². The van der Waals surface area contributed by atoms with E-state index in [2.05, 4.69) is 22.4 Å². The van der Waals surface area contributed by atoms with Gasteiger partial charge in [-0.3, -0.25) is 19.0 Å². The molecule has 0 saturated carbocycles. The van der Waals surface area contributed by atoms with E-state index in [1.807, 2.05) is 54.2 Å². The molecule has 0 aliphatic heterocycles. The minimum Gasteiger partial charge on any atom is -0.307 e. The zero-order chi connectivity index (χ0) is 20.4. The molecule has 1 N–H and O–H groups in total. The number of hydrogen-bond acceptors (Lipinski definition) is 4. The highest BCUT2D eigenvalue weighted by atomic mass is 16.2. The molecule has 29 heavy (non-hydrogen) atoms. The predicted molar refractivity (Wildman–Crippen MR) is 112 cm³/mol. The minimum atomic E-state index is -0.257. The third-order valence-electron chi connectivity index (χ3n) is 4.91. The summed E-state index contributed by atoms with van der Waals surface area (Å²) in [5.41, 5.74) is 2.47. The van der Waals surface area contributed by atoms with Crippen molar-refractivity contribution in [3.05, 3.63) is 88.3 Å². The molecule has 0 unspecified atom stereocenters. The summed E-state index contributed by atoms with van der Waals surface area (Å²) < 4.78 is 3.36. The highest BCUT2D eigenvalue weighted by Gasteiger charge is 2.15. The molecule has 0 aliphatic carbocycles. The Morgan fingerprint density at radius 3 is 2.62 bits per heavy atom. The number of nitrogens with one attached hydrogen (secondary N) is 1. The summed E-state index contributed by atoms with van der Waals surface area (Å²) in [6, 6.07) is 17.2. The first-order valence-electron chi connectivity index (χ1n) is 9.38. The summed E-state index contributed by atoms with van der Waals surface area (Å²) in [5.74, 6) is 0.259. The Morgan fingerprint density at radius 1 is 1.10 bits per heavy atom. The maximum Gasteiger partial charge on any atom is 0.247 e. The Bertz CT molecular complexity index is 1230. The van der Waals surface area contributed by atoms with E-state index >= 15 is 0 Å². The van der Waals surface area contributed by atoms with Crippen LogP contribution in [0.3, 0.4) is 0 Å². The number of nitrogens with zero attached hydrogens (tertiary/aromatic N) is 4. The van der Waals surface area contributed by atoms with Crippen LogP contribution in [0.25, 0.3) is 10.9 Å². The van der Waals surface area contributed by atoms with Gasteiger partial charge in [0.25, 0.3) is 0 Å². The molecule has 2 aromatic carbocycles. The van der Waals surface area contributed by atoms with E-state index in [0.29, 0.717) is 16.7 Å². The van der Waals surface area contributed by atoms with Gasteiger partial charge in [0.15, 0.2) is 5.82 Å². The van der Waals surface area contributed by atoms with Crippen LogP contribution in [0.15, 0.2) is 71.8 Å². The molecule has 0 radical (unpaired) electrons. The second-order valence-electron chi connectivity index (χ2n) is 6.96. The number of fused-ring (bicyclic) bond motifs is 1. The summed E-state index contributed by atoms with van der Waals surface area (Å²) in [6.45, 7) is 3.95. The number of carbonyl (C=O) groups is 1. The van der Waals surface area contributed by atoms with Crippen LogP contribution >= 0.6 is 0 Å². The largest absolute Gasteiger partial charge is 0.307 e. The van der Waals surface area contributed by atoms with Crippen molar-refractivity contribution in [3.8, 4) is 0 Å². The van der Waals surface area contributed by atoms with Crippen molar-refractivity contribution < 1.29 is 4.79 Å². The van der Waals surface area contributed by atoms with E-state index in [4.69, 9.17) is 0 Å². The number of aryl methyl sites for hydroxylation is 1. The molecule has 0 spiro atoms. The summed E-state index contributed by atoms with van der Waals surface area (Å²) >= 11 is 0. The summed E-state index contributed by atoms with van der Waals surface area (Å²) in [7, 11) is 0. The van der Waals surface area contributed by atoms with Crippen LogP contribution in [-0.2, 0) is 11.3 Å². The summed E-state index contributed by atoms with van der Waals surface area (Å²) in [6.07, 6.45) is 3.15. The van der Waals surface area contributed by atoms with Crippen molar-refractivity contribution in [2.75, 3.05) is 5.32 Å². The maximum absolute atomic E-state index is 12.6. The number of para-hydroxylation sites is 1. The number of hydrogen-bond donors (Lipinski definition) is 1. The van der Waals surface area contributed by atoms with Crippen LogP contribution in [0.1, 0.15) is 24.1 Å². The molecular formula is C22H21N5O2. The van der Waals surface area contributed by atoms with Crippen LogP contribution in [-0.4, -0.2) is 25.5 Å². The van der Waals surface area contributed by atoms with Crippen molar-refractivity contribution in [3.63, 3.8) is 0 Å². The first-order chi connectivity index (χ1) is 14.0. The third kappa shape index (κ3) is 3.80. The second-order valence-corrected chi connectivity index (χ2v) is 6.96. The molecular weight excluding hydrogens is 366 g/mol. The Hall–Kier alpha value is -3.74. The van der Waals surface area contributed by atoms with Crippen LogP contribution in [0, 0.1) is 6.92 Å². The van der Waals surface area contributed by atoms with E-state index in [9.17, 15) is 9.59 Å². The molecule has 0 aliphatic rings. The van der Waals surface area contributed by atoms with Crippen molar-refractivity contribution in [2.45, 2.75) is 26.4 Å². The fourth-order valence-electron chi connectivity index (χ4n) is 3.28. The number of aromatic nitrogens is 4. The lowest BCUT2D eigenvalue weighted by atomic mass is 10.1. The van der Waals surface area contributed by atoms with E-state index in [0.717, 1.165) is 11.1 Å². The molecule has 2 aromatic heterocycles. The lowest BCUT2D eigenvalue weighted by Gasteiger charge is -2.12. The Kier molecular flexibility index (Phi) is 4.95. The molecule has 0 saturated heterocycles. The van der Waals surface area contributed by atoms with Crippen molar-refractivity contribution in [2.24, 2.45) is 0 Å². The topological polar surface area (TPSA) is 81.8 Å². The van der Waals surface area contributed by atoms with Crippen molar-refractivity contribution in [1.82, 2.24) is 19.6 Å². The van der Waals surface area contributed by atoms with Gasteiger partial charge in [0.2, 0.25) is 11.3 Å². The average Bonchev–Trinajstić information content (AvgIpc) is 3.10. The molecule has 4 rings (SSSR count). The lowest BCUT2D eigenvalue weighted by molar-refractivity contribution is -0.116. The highest BCUT2D eigenvalue weighted by molar-refractivity contribution is 5.91. The fraction of sp³-hybridized carbons (Fsp3) is 0.182. The third-order valence-corrected chi connectivity index (χ3v) is 4.91. The lowest BCUT2D eigenvalue weighted by Crippen LogP contribution is -2.23. The van der Waals surface area contributed by atoms with E-state index in [-0.39, 0.29) is 23.9 Å². The van der Waals surface area contributed by atoms with Gasteiger partial charge in [-0.2, -0.15) is 10.2 Å². The summed E-state index contributed by atoms with van der Waals surface area (Å²) in [4.78, 5) is 24.6. The van der Waals surface area contributed by atoms with E-state index in [1.165, 1.54) is 10.9 Å². The standard InChI is InChI=1S/C22H21N5O2/c1-15-13-26(16(2)17-8-4-3-5-9-17)25-22(15)24-21(29)14-27-19-11-7-6-10-18(19)20(28)12-23-27/h3-13,16H,14H2,1-2H3,(H,24,25,29)/t16-/m0/s1. The predicted octanol–water partition coefficient (Wildman–Crippen LogP) is 3.15. The Labute approximate surface area is 167 Å². The Balaban J connectivity index is 1.53. The SMILES string of the molecule is Cc1cn([C@@H](C)c2ccccc2)nc1NC(=O)Cn1ncc(=O)c2ccccc21. The maximum atomic E-state index is 12.6. The molecule has 7 nitrogen and oxygen atoms in total. The van der Waals surface area contributed by atoms with Gasteiger partial charge in [-0.15, -0.1) is 0 Å². The molecule has 0 fully saturated rings. The van der Waals surface area contributed by atoms with Gasteiger partial charge in [-0.1, -0.05) is 42.5 Å². The number of carbonyl (C=O) groups excluding carboxylic acids is 1. The highest BCUT2D eigenvalue weighted by Crippen LogP contribution is 2.21. The van der Waals surface area contributed by atoms with Gasteiger partial charge in [0.1, 0.15) is 6.54 Å². The smallest absolute Gasteiger partial charge is 0.247 e. The quantitative estimate of drug-likeness (QED) is 0.570. The fourth-order valence-corrected chi connectivity index (χ4v) is 3.28. The van der Waals surface area contributed by atoms with Crippen LogP contribution < -0.4 is 10.7 Å². The minimum absolute atomic E-state index is 0.0126. The second kappa shape index (κ2) is 7.71. The normalized spacial score (nSPS) is 12.1.